The average molecular weight is 478 g/mol. The molecule has 3 rings (SSSR count). The number of benzene rings is 2. The van der Waals surface area contributed by atoms with Crippen LogP contribution in [0.15, 0.2) is 67.6 Å². The number of hydrogen-bond donors (Lipinski definition) is 2. The molecule has 0 aliphatic carbocycles. The lowest BCUT2D eigenvalue weighted by Gasteiger charge is -2.15. The topological polar surface area (TPSA) is 88.6 Å². The molecule has 2 N–H and O–H groups in total. The van der Waals surface area contributed by atoms with Gasteiger partial charge in [-0.1, -0.05) is 57.9 Å². The summed E-state index contributed by atoms with van der Waals surface area (Å²) in [7, 11) is 2.72. The molecule has 1 heterocycles. The van der Waals surface area contributed by atoms with E-state index in [4.69, 9.17) is 11.6 Å². The van der Waals surface area contributed by atoms with Crippen molar-refractivity contribution in [2.45, 2.75) is 6.54 Å². The van der Waals surface area contributed by atoms with Gasteiger partial charge in [0.15, 0.2) is 0 Å². The molecule has 0 saturated heterocycles. The van der Waals surface area contributed by atoms with E-state index in [9.17, 15) is 14.7 Å². The summed E-state index contributed by atoms with van der Waals surface area (Å²) in [5.74, 6) is -0.383. The Kier molecular flexibility index (Phi) is 6.24. The molecule has 29 heavy (non-hydrogen) atoms. The second kappa shape index (κ2) is 8.67. The molecule has 1 aromatic heterocycles. The Morgan fingerprint density at radius 2 is 1.76 bits per heavy atom. The number of rotatable bonds is 4. The largest absolute Gasteiger partial charge is 0.494 e. The lowest BCUT2D eigenvalue weighted by atomic mass is 10.2. The van der Waals surface area contributed by atoms with Crippen LogP contribution >= 0.6 is 27.5 Å². The zero-order chi connectivity index (χ0) is 21.1. The number of amidine groups is 1. The van der Waals surface area contributed by atoms with Crippen molar-refractivity contribution < 1.29 is 5.11 Å². The summed E-state index contributed by atoms with van der Waals surface area (Å²) in [5, 5.41) is 14.0. The van der Waals surface area contributed by atoms with Crippen LogP contribution in [-0.2, 0) is 20.6 Å². The van der Waals surface area contributed by atoms with Gasteiger partial charge in [0.05, 0.1) is 17.3 Å². The van der Waals surface area contributed by atoms with Gasteiger partial charge in [-0.2, -0.15) is 0 Å². The molecule has 0 amide bonds. The zero-order valence-electron chi connectivity index (χ0n) is 15.7. The van der Waals surface area contributed by atoms with Crippen molar-refractivity contribution in [2.24, 2.45) is 19.1 Å². The molecular weight excluding hydrogens is 460 g/mol. The SMILES string of the molecule is Cn1c(O)c(C(=NCc2ccccc2Br)Nc2ccccc2Cl)c(=O)n(C)c1=O. The van der Waals surface area contributed by atoms with Crippen molar-refractivity contribution in [2.75, 3.05) is 5.32 Å². The highest BCUT2D eigenvalue weighted by Gasteiger charge is 2.21. The third-order valence-electron chi connectivity index (χ3n) is 4.36. The van der Waals surface area contributed by atoms with Crippen LogP contribution in [0.25, 0.3) is 0 Å². The maximum atomic E-state index is 12.8. The molecule has 9 heteroatoms. The fourth-order valence-electron chi connectivity index (χ4n) is 2.70. The van der Waals surface area contributed by atoms with Crippen molar-refractivity contribution in [1.82, 2.24) is 9.13 Å². The van der Waals surface area contributed by atoms with Gasteiger partial charge in [-0.3, -0.25) is 18.9 Å². The van der Waals surface area contributed by atoms with E-state index in [-0.39, 0.29) is 17.9 Å². The highest BCUT2D eigenvalue weighted by molar-refractivity contribution is 9.10. The van der Waals surface area contributed by atoms with Gasteiger partial charge >= 0.3 is 5.69 Å². The number of aromatic hydroxyl groups is 1. The van der Waals surface area contributed by atoms with Gasteiger partial charge in [0.2, 0.25) is 5.88 Å². The van der Waals surface area contributed by atoms with E-state index < -0.39 is 17.1 Å². The fourth-order valence-corrected chi connectivity index (χ4v) is 3.30. The summed E-state index contributed by atoms with van der Waals surface area (Å²) in [6.45, 7) is 0.222. The van der Waals surface area contributed by atoms with Crippen LogP contribution in [0.2, 0.25) is 5.02 Å². The maximum absolute atomic E-state index is 12.8. The van der Waals surface area contributed by atoms with Crippen LogP contribution < -0.4 is 16.6 Å². The van der Waals surface area contributed by atoms with E-state index in [0.29, 0.717) is 10.7 Å². The third kappa shape index (κ3) is 4.28. The van der Waals surface area contributed by atoms with Crippen molar-refractivity contribution in [3.05, 3.63) is 90.0 Å². The molecule has 0 unspecified atom stereocenters. The Morgan fingerprint density at radius 1 is 1.10 bits per heavy atom. The standard InChI is InChI=1S/C20H18BrClN4O3/c1-25-18(27)16(19(28)26(2)20(25)29)17(24-15-10-6-5-9-14(15)22)23-11-12-7-3-4-8-13(12)21/h3-10,27H,11H2,1-2H3,(H,23,24). The number of anilines is 1. The normalized spacial score (nSPS) is 11.5. The summed E-state index contributed by atoms with van der Waals surface area (Å²) in [6, 6.07) is 14.5. The van der Waals surface area contributed by atoms with E-state index in [1.165, 1.54) is 14.1 Å². The minimum Gasteiger partial charge on any atom is -0.494 e. The van der Waals surface area contributed by atoms with E-state index in [0.717, 1.165) is 19.2 Å². The predicted molar refractivity (Wildman–Crippen MR) is 118 cm³/mol. The first-order chi connectivity index (χ1) is 13.8. The Bertz CT molecular complexity index is 1220. The van der Waals surface area contributed by atoms with Crippen molar-refractivity contribution in [1.29, 1.82) is 0 Å². The molecule has 0 radical (unpaired) electrons. The first kappa shape index (κ1) is 20.9. The molecule has 0 atom stereocenters. The summed E-state index contributed by atoms with van der Waals surface area (Å²) < 4.78 is 2.76. The number of aliphatic imine (C=N–C) groups is 1. The molecule has 150 valence electrons. The third-order valence-corrected chi connectivity index (χ3v) is 5.47. The van der Waals surface area contributed by atoms with E-state index >= 15 is 0 Å². The molecule has 0 bridgehead atoms. The molecule has 0 saturated carbocycles. The second-order valence-electron chi connectivity index (χ2n) is 6.27. The van der Waals surface area contributed by atoms with Gasteiger partial charge < -0.3 is 10.4 Å². The molecular formula is C20H18BrClN4O3. The van der Waals surface area contributed by atoms with E-state index in [1.807, 2.05) is 24.3 Å². The minimum absolute atomic E-state index is 0.0996. The monoisotopic (exact) mass is 476 g/mol. The zero-order valence-corrected chi connectivity index (χ0v) is 18.0. The van der Waals surface area contributed by atoms with Gasteiger partial charge in [0.1, 0.15) is 11.4 Å². The highest BCUT2D eigenvalue weighted by atomic mass is 79.9. The summed E-state index contributed by atoms with van der Waals surface area (Å²) >= 11 is 9.71. The van der Waals surface area contributed by atoms with Crippen LogP contribution in [-0.4, -0.2) is 20.1 Å². The second-order valence-corrected chi connectivity index (χ2v) is 7.53. The minimum atomic E-state index is -0.670. The predicted octanol–water partition coefficient (Wildman–Crippen LogP) is 3.26. The summed E-state index contributed by atoms with van der Waals surface area (Å²) in [4.78, 5) is 29.4. The number of aromatic nitrogens is 2. The van der Waals surface area contributed by atoms with Gasteiger partial charge in [-0.05, 0) is 23.8 Å². The smallest absolute Gasteiger partial charge is 0.333 e. The van der Waals surface area contributed by atoms with Gasteiger partial charge in [-0.15, -0.1) is 0 Å². The maximum Gasteiger partial charge on any atom is 0.333 e. The number of nitrogens with zero attached hydrogens (tertiary/aromatic N) is 3. The van der Waals surface area contributed by atoms with Crippen LogP contribution in [0.5, 0.6) is 5.88 Å². The first-order valence-electron chi connectivity index (χ1n) is 8.60. The van der Waals surface area contributed by atoms with Crippen molar-refractivity contribution in [3.8, 4) is 5.88 Å². The first-order valence-corrected chi connectivity index (χ1v) is 9.77. The Labute approximate surface area is 180 Å². The molecule has 0 spiro atoms. The van der Waals surface area contributed by atoms with Gasteiger partial charge in [0.25, 0.3) is 5.56 Å². The average Bonchev–Trinajstić information content (AvgIpc) is 2.71. The lowest BCUT2D eigenvalue weighted by Crippen LogP contribution is -2.41. The Hall–Kier alpha value is -2.84. The number of nitrogens with one attached hydrogen (secondary N) is 1. The van der Waals surface area contributed by atoms with Gasteiger partial charge in [-0.25, -0.2) is 4.79 Å². The van der Waals surface area contributed by atoms with Crippen molar-refractivity contribution in [3.63, 3.8) is 0 Å². The summed E-state index contributed by atoms with van der Waals surface area (Å²) in [5.41, 5.74) is -0.0424. The van der Waals surface area contributed by atoms with Crippen LogP contribution in [0, 0.1) is 0 Å². The highest BCUT2D eigenvalue weighted by Crippen LogP contribution is 2.23. The van der Waals surface area contributed by atoms with E-state index in [1.54, 1.807) is 24.3 Å². The Morgan fingerprint density at radius 3 is 2.45 bits per heavy atom. The van der Waals surface area contributed by atoms with Crippen LogP contribution in [0.1, 0.15) is 11.1 Å². The fraction of sp³-hybridized carbons (Fsp3) is 0.150. The number of para-hydroxylation sites is 1. The molecule has 0 aliphatic heterocycles. The number of halogens is 2. The number of hydrogen-bond acceptors (Lipinski definition) is 4. The molecule has 2 aromatic carbocycles. The Balaban J connectivity index is 2.18. The summed E-state index contributed by atoms with van der Waals surface area (Å²) in [6.07, 6.45) is 0. The molecule has 0 aliphatic rings. The molecule has 3 aromatic rings. The van der Waals surface area contributed by atoms with Crippen LogP contribution in [0.3, 0.4) is 0 Å². The molecule has 7 nitrogen and oxygen atoms in total. The van der Waals surface area contributed by atoms with Crippen molar-refractivity contribution >= 4 is 39.1 Å². The van der Waals surface area contributed by atoms with E-state index in [2.05, 4.69) is 26.2 Å². The molecule has 0 fully saturated rings. The van der Waals surface area contributed by atoms with Gasteiger partial charge in [0, 0.05) is 18.6 Å². The quantitative estimate of drug-likeness (QED) is 0.446. The lowest BCUT2D eigenvalue weighted by molar-refractivity contribution is 0.410. The van der Waals surface area contributed by atoms with Crippen LogP contribution in [0.4, 0.5) is 5.69 Å².